The Kier molecular flexibility index (Phi) is 4.09. The highest BCUT2D eigenvalue weighted by Gasteiger charge is 2.13. The van der Waals surface area contributed by atoms with Gasteiger partial charge in [0, 0.05) is 19.3 Å². The van der Waals surface area contributed by atoms with Crippen molar-refractivity contribution in [3.05, 3.63) is 24.0 Å². The summed E-state index contributed by atoms with van der Waals surface area (Å²) in [6.07, 6.45) is 4.11. The molecule has 0 aliphatic heterocycles. The molecule has 0 saturated carbocycles. The molecule has 0 saturated heterocycles. The van der Waals surface area contributed by atoms with Crippen LogP contribution in [0.15, 0.2) is 18.5 Å². The summed E-state index contributed by atoms with van der Waals surface area (Å²) in [4.78, 5) is 17.0. The van der Waals surface area contributed by atoms with Gasteiger partial charge in [-0.25, -0.2) is 4.79 Å². The van der Waals surface area contributed by atoms with Gasteiger partial charge in [0.25, 0.3) is 0 Å². The first-order valence-electron chi connectivity index (χ1n) is 5.13. The molecule has 0 unspecified atom stereocenters. The van der Waals surface area contributed by atoms with Crippen molar-refractivity contribution in [3.63, 3.8) is 0 Å². The highest BCUT2D eigenvalue weighted by atomic mass is 16.4. The number of carboxylic acids is 1. The predicted octanol–water partition coefficient (Wildman–Crippen LogP) is 2.02. The lowest BCUT2D eigenvalue weighted by Gasteiger charge is -2.23. The highest BCUT2D eigenvalue weighted by molar-refractivity contribution is 5.94. The Labute approximate surface area is 89.6 Å². The summed E-state index contributed by atoms with van der Waals surface area (Å²) in [6.45, 7) is 5.72. The maximum Gasteiger partial charge on any atom is 0.337 e. The standard InChI is InChI=1S/C11H16N2O2/c1-3-7-13(4-2)10-8-12-6-5-9(10)11(14)15/h5-6,8H,3-4,7H2,1-2H3,(H,14,15). The van der Waals surface area contributed by atoms with E-state index in [0.717, 1.165) is 19.5 Å². The zero-order valence-electron chi connectivity index (χ0n) is 9.10. The van der Waals surface area contributed by atoms with Crippen molar-refractivity contribution in [3.8, 4) is 0 Å². The van der Waals surface area contributed by atoms with Crippen LogP contribution < -0.4 is 4.90 Å². The van der Waals surface area contributed by atoms with E-state index in [9.17, 15) is 4.79 Å². The number of carbonyl (C=O) groups is 1. The van der Waals surface area contributed by atoms with Crippen LogP contribution in [0, 0.1) is 0 Å². The fourth-order valence-electron chi connectivity index (χ4n) is 1.54. The average Bonchev–Trinajstić information content (AvgIpc) is 2.26. The molecular weight excluding hydrogens is 192 g/mol. The molecule has 1 aromatic rings. The molecule has 1 N–H and O–H groups in total. The van der Waals surface area contributed by atoms with Crippen LogP contribution in [-0.2, 0) is 0 Å². The number of anilines is 1. The van der Waals surface area contributed by atoms with Crippen LogP contribution in [0.2, 0.25) is 0 Å². The minimum Gasteiger partial charge on any atom is -0.478 e. The summed E-state index contributed by atoms with van der Waals surface area (Å²) in [5.41, 5.74) is 1.02. The third-order valence-electron chi connectivity index (χ3n) is 2.25. The van der Waals surface area contributed by atoms with Crippen LogP contribution in [0.1, 0.15) is 30.6 Å². The van der Waals surface area contributed by atoms with Gasteiger partial charge in [0.15, 0.2) is 0 Å². The summed E-state index contributed by atoms with van der Waals surface area (Å²) in [5, 5.41) is 9.02. The number of pyridine rings is 1. The molecule has 1 heterocycles. The van der Waals surface area contributed by atoms with Crippen LogP contribution >= 0.6 is 0 Å². The Morgan fingerprint density at radius 3 is 2.80 bits per heavy atom. The summed E-state index contributed by atoms with van der Waals surface area (Å²) >= 11 is 0. The van der Waals surface area contributed by atoms with Crippen LogP contribution in [-0.4, -0.2) is 29.1 Å². The normalized spacial score (nSPS) is 10.0. The van der Waals surface area contributed by atoms with Crippen molar-refractivity contribution in [2.24, 2.45) is 0 Å². The molecule has 82 valence electrons. The molecule has 0 radical (unpaired) electrons. The quantitative estimate of drug-likeness (QED) is 0.804. The van der Waals surface area contributed by atoms with E-state index in [0.29, 0.717) is 11.3 Å². The molecule has 0 amide bonds. The number of aromatic carboxylic acids is 1. The topological polar surface area (TPSA) is 53.4 Å². The summed E-state index contributed by atoms with van der Waals surface area (Å²) < 4.78 is 0. The lowest BCUT2D eigenvalue weighted by atomic mass is 10.2. The molecule has 15 heavy (non-hydrogen) atoms. The third kappa shape index (κ3) is 2.68. The average molecular weight is 208 g/mol. The molecule has 0 aliphatic rings. The first-order chi connectivity index (χ1) is 7.20. The first-order valence-corrected chi connectivity index (χ1v) is 5.13. The Morgan fingerprint density at radius 1 is 1.53 bits per heavy atom. The van der Waals surface area contributed by atoms with E-state index in [2.05, 4.69) is 11.9 Å². The summed E-state index contributed by atoms with van der Waals surface area (Å²) in [7, 11) is 0. The fraction of sp³-hybridized carbons (Fsp3) is 0.455. The fourth-order valence-corrected chi connectivity index (χ4v) is 1.54. The van der Waals surface area contributed by atoms with Gasteiger partial charge in [-0.1, -0.05) is 6.92 Å². The highest BCUT2D eigenvalue weighted by Crippen LogP contribution is 2.18. The van der Waals surface area contributed by atoms with Crippen molar-refractivity contribution < 1.29 is 9.90 Å². The Balaban J connectivity index is 3.04. The van der Waals surface area contributed by atoms with E-state index < -0.39 is 5.97 Å². The van der Waals surface area contributed by atoms with Crippen molar-refractivity contribution in [1.82, 2.24) is 4.98 Å². The zero-order chi connectivity index (χ0) is 11.3. The SMILES string of the molecule is CCCN(CC)c1cnccc1C(=O)O. The van der Waals surface area contributed by atoms with Crippen molar-refractivity contribution in [2.75, 3.05) is 18.0 Å². The van der Waals surface area contributed by atoms with Gasteiger partial charge >= 0.3 is 5.97 Å². The summed E-state index contributed by atoms with van der Waals surface area (Å²) in [5.74, 6) is -0.901. The molecule has 1 rings (SSSR count). The van der Waals surface area contributed by atoms with Gasteiger partial charge < -0.3 is 10.0 Å². The molecule has 0 spiro atoms. The first kappa shape index (κ1) is 11.5. The van der Waals surface area contributed by atoms with Crippen molar-refractivity contribution in [1.29, 1.82) is 0 Å². The number of aromatic nitrogens is 1. The van der Waals surface area contributed by atoms with E-state index in [1.807, 2.05) is 11.8 Å². The smallest absolute Gasteiger partial charge is 0.337 e. The lowest BCUT2D eigenvalue weighted by Crippen LogP contribution is -2.25. The van der Waals surface area contributed by atoms with E-state index in [4.69, 9.17) is 5.11 Å². The predicted molar refractivity (Wildman–Crippen MR) is 59.4 cm³/mol. The van der Waals surface area contributed by atoms with Gasteiger partial charge in [-0.05, 0) is 19.4 Å². The maximum atomic E-state index is 11.0. The molecular formula is C11H16N2O2. The van der Waals surface area contributed by atoms with Crippen LogP contribution in [0.3, 0.4) is 0 Å². The molecule has 4 heteroatoms. The molecule has 0 aromatic carbocycles. The summed E-state index contributed by atoms with van der Waals surface area (Å²) in [6, 6.07) is 1.54. The minimum absolute atomic E-state index is 0.320. The Morgan fingerprint density at radius 2 is 2.27 bits per heavy atom. The number of rotatable bonds is 5. The van der Waals surface area contributed by atoms with Crippen LogP contribution in [0.4, 0.5) is 5.69 Å². The van der Waals surface area contributed by atoms with Crippen molar-refractivity contribution >= 4 is 11.7 Å². The van der Waals surface area contributed by atoms with E-state index in [-0.39, 0.29) is 0 Å². The second-order valence-electron chi connectivity index (χ2n) is 3.28. The van der Waals surface area contributed by atoms with Gasteiger partial charge in [0.1, 0.15) is 0 Å². The molecule has 0 fully saturated rings. The third-order valence-corrected chi connectivity index (χ3v) is 2.25. The Bertz CT molecular complexity index is 339. The van der Waals surface area contributed by atoms with E-state index in [1.165, 1.54) is 12.3 Å². The monoisotopic (exact) mass is 208 g/mol. The molecule has 4 nitrogen and oxygen atoms in total. The van der Waals surface area contributed by atoms with Gasteiger partial charge in [-0.3, -0.25) is 4.98 Å². The number of hydrogen-bond donors (Lipinski definition) is 1. The second kappa shape index (κ2) is 5.34. The van der Waals surface area contributed by atoms with Crippen LogP contribution in [0.5, 0.6) is 0 Å². The van der Waals surface area contributed by atoms with E-state index in [1.54, 1.807) is 6.20 Å². The number of hydrogen-bond acceptors (Lipinski definition) is 3. The lowest BCUT2D eigenvalue weighted by molar-refractivity contribution is 0.0697. The van der Waals surface area contributed by atoms with E-state index >= 15 is 0 Å². The molecule has 1 aromatic heterocycles. The number of nitrogens with zero attached hydrogens (tertiary/aromatic N) is 2. The molecule has 0 bridgehead atoms. The second-order valence-corrected chi connectivity index (χ2v) is 3.28. The van der Waals surface area contributed by atoms with Crippen LogP contribution in [0.25, 0.3) is 0 Å². The van der Waals surface area contributed by atoms with Gasteiger partial charge in [0.2, 0.25) is 0 Å². The number of carboxylic acid groups (broad SMARTS) is 1. The van der Waals surface area contributed by atoms with Gasteiger partial charge in [-0.2, -0.15) is 0 Å². The largest absolute Gasteiger partial charge is 0.478 e. The molecule has 0 atom stereocenters. The molecule has 0 aliphatic carbocycles. The minimum atomic E-state index is -0.901. The van der Waals surface area contributed by atoms with Gasteiger partial charge in [-0.15, -0.1) is 0 Å². The van der Waals surface area contributed by atoms with Crippen molar-refractivity contribution in [2.45, 2.75) is 20.3 Å². The maximum absolute atomic E-state index is 11.0. The zero-order valence-corrected chi connectivity index (χ0v) is 9.10. The van der Waals surface area contributed by atoms with Gasteiger partial charge in [0.05, 0.1) is 17.4 Å². The Hall–Kier alpha value is -1.58.